The highest BCUT2D eigenvalue weighted by Crippen LogP contribution is 2.37. The number of non-ortho nitro benzene ring substituents is 1. The summed E-state index contributed by atoms with van der Waals surface area (Å²) in [5.74, 6) is -0.915. The van der Waals surface area contributed by atoms with Gasteiger partial charge in [0, 0.05) is 28.1 Å². The molecule has 32 heavy (non-hydrogen) atoms. The molecule has 1 N–H and O–H groups in total. The van der Waals surface area contributed by atoms with Crippen molar-refractivity contribution in [3.05, 3.63) is 73.6 Å². The summed E-state index contributed by atoms with van der Waals surface area (Å²) in [6.45, 7) is 1.40. The second-order valence-corrected chi connectivity index (χ2v) is 8.02. The summed E-state index contributed by atoms with van der Waals surface area (Å²) >= 11 is 13.0. The first-order valence-electron chi connectivity index (χ1n) is 9.21. The third-order valence-electron chi connectivity index (χ3n) is 4.14. The fourth-order valence-corrected chi connectivity index (χ4v) is 4.19. The lowest BCUT2D eigenvalue weighted by Gasteiger charge is -2.10. The third-order valence-corrected chi connectivity index (χ3v) is 5.57. The fraction of sp³-hybridized carbons (Fsp3) is 0.143. The Hall–Kier alpha value is -3.14. The number of hydrogen-bond acceptors (Lipinski definition) is 7. The van der Waals surface area contributed by atoms with E-state index in [0.717, 1.165) is 11.3 Å². The average molecular weight is 495 g/mol. The van der Waals surface area contributed by atoms with Gasteiger partial charge >= 0.3 is 5.97 Å². The van der Waals surface area contributed by atoms with Crippen LogP contribution in [-0.2, 0) is 9.53 Å². The molecule has 2 aromatic carbocycles. The van der Waals surface area contributed by atoms with Gasteiger partial charge in [-0.05, 0) is 30.7 Å². The number of anilines is 1. The Bertz CT molecular complexity index is 1180. The van der Waals surface area contributed by atoms with Crippen molar-refractivity contribution in [2.75, 3.05) is 18.5 Å². The first kappa shape index (κ1) is 23.5. The Kier molecular flexibility index (Phi) is 7.68. The third kappa shape index (κ3) is 5.56. The fourth-order valence-electron chi connectivity index (χ4n) is 2.75. The lowest BCUT2D eigenvalue weighted by molar-refractivity contribution is -0.384. The van der Waals surface area contributed by atoms with E-state index in [0.29, 0.717) is 16.1 Å². The highest BCUT2D eigenvalue weighted by molar-refractivity contribution is 7.15. The number of rotatable bonds is 8. The van der Waals surface area contributed by atoms with Gasteiger partial charge in [0.15, 0.2) is 6.61 Å². The molecule has 0 aliphatic rings. The van der Waals surface area contributed by atoms with Gasteiger partial charge < -0.3 is 14.8 Å². The van der Waals surface area contributed by atoms with Crippen LogP contribution in [0.5, 0.6) is 5.75 Å². The summed E-state index contributed by atoms with van der Waals surface area (Å²) in [6, 6.07) is 10.4. The van der Waals surface area contributed by atoms with E-state index in [9.17, 15) is 19.7 Å². The number of hydrogen-bond donors (Lipinski definition) is 1. The first-order chi connectivity index (χ1) is 15.3. The van der Waals surface area contributed by atoms with Crippen molar-refractivity contribution in [2.45, 2.75) is 6.92 Å². The van der Waals surface area contributed by atoms with E-state index in [1.54, 1.807) is 24.4 Å². The standard InChI is InChI=1S/C21H16Cl2N2O6S/c1-2-30-21(27)19-15(12-4-3-5-14(8-12)25(28)29)11-32-20(19)24-18(26)10-31-17-7-6-13(22)9-16(17)23/h3-9,11H,2,10H2,1H3,(H,24,26). The molecule has 8 nitrogen and oxygen atoms in total. The zero-order valence-electron chi connectivity index (χ0n) is 16.6. The molecule has 0 aliphatic carbocycles. The Morgan fingerprint density at radius 3 is 2.66 bits per heavy atom. The van der Waals surface area contributed by atoms with Crippen molar-refractivity contribution in [1.82, 2.24) is 0 Å². The highest BCUT2D eigenvalue weighted by Gasteiger charge is 2.24. The highest BCUT2D eigenvalue weighted by atomic mass is 35.5. The Labute approximate surface area is 196 Å². The zero-order valence-corrected chi connectivity index (χ0v) is 18.9. The van der Waals surface area contributed by atoms with Gasteiger partial charge in [-0.25, -0.2) is 4.79 Å². The van der Waals surface area contributed by atoms with E-state index in [1.165, 1.54) is 30.3 Å². The molecular formula is C21H16Cl2N2O6S. The number of nitrogens with one attached hydrogen (secondary N) is 1. The number of thiophene rings is 1. The van der Waals surface area contributed by atoms with Crippen LogP contribution >= 0.6 is 34.5 Å². The van der Waals surface area contributed by atoms with Gasteiger partial charge in [-0.3, -0.25) is 14.9 Å². The van der Waals surface area contributed by atoms with E-state index in [4.69, 9.17) is 32.7 Å². The second-order valence-electron chi connectivity index (χ2n) is 6.29. The molecular weight excluding hydrogens is 479 g/mol. The Morgan fingerprint density at radius 1 is 1.19 bits per heavy atom. The van der Waals surface area contributed by atoms with Crippen LogP contribution in [-0.4, -0.2) is 30.0 Å². The lowest BCUT2D eigenvalue weighted by atomic mass is 10.0. The van der Waals surface area contributed by atoms with Crippen LogP contribution in [0.3, 0.4) is 0 Å². The smallest absolute Gasteiger partial charge is 0.341 e. The van der Waals surface area contributed by atoms with Gasteiger partial charge in [0.1, 0.15) is 16.3 Å². The quantitative estimate of drug-likeness (QED) is 0.240. The van der Waals surface area contributed by atoms with Crippen molar-refractivity contribution in [3.8, 4) is 16.9 Å². The van der Waals surface area contributed by atoms with Crippen LogP contribution in [0.2, 0.25) is 10.0 Å². The van der Waals surface area contributed by atoms with Crippen LogP contribution in [0.15, 0.2) is 47.8 Å². The topological polar surface area (TPSA) is 108 Å². The minimum Gasteiger partial charge on any atom is -0.482 e. The van der Waals surface area contributed by atoms with Crippen molar-refractivity contribution in [3.63, 3.8) is 0 Å². The van der Waals surface area contributed by atoms with Crippen LogP contribution in [0, 0.1) is 10.1 Å². The molecule has 0 radical (unpaired) electrons. The number of esters is 1. The molecule has 0 saturated carbocycles. The van der Waals surface area contributed by atoms with Gasteiger partial charge in [-0.2, -0.15) is 0 Å². The van der Waals surface area contributed by atoms with Crippen LogP contribution in [0.25, 0.3) is 11.1 Å². The second kappa shape index (κ2) is 10.4. The summed E-state index contributed by atoms with van der Waals surface area (Å²) in [7, 11) is 0. The number of amides is 1. The maximum Gasteiger partial charge on any atom is 0.341 e. The van der Waals surface area contributed by atoms with Crippen molar-refractivity contribution in [1.29, 1.82) is 0 Å². The molecule has 11 heteroatoms. The molecule has 0 spiro atoms. The SMILES string of the molecule is CCOC(=O)c1c(-c2cccc([N+](=O)[O-])c2)csc1NC(=O)COc1ccc(Cl)cc1Cl. The molecule has 1 amide bonds. The predicted octanol–water partition coefficient (Wildman–Crippen LogP) is 5.82. The maximum atomic E-state index is 12.6. The maximum absolute atomic E-state index is 12.6. The molecule has 0 aliphatic heterocycles. The summed E-state index contributed by atoms with van der Waals surface area (Å²) in [6.07, 6.45) is 0. The van der Waals surface area contributed by atoms with E-state index in [-0.39, 0.29) is 40.2 Å². The Balaban J connectivity index is 1.84. The summed E-state index contributed by atoms with van der Waals surface area (Å²) < 4.78 is 10.5. The van der Waals surface area contributed by atoms with E-state index < -0.39 is 16.8 Å². The summed E-state index contributed by atoms with van der Waals surface area (Å²) in [5, 5.41) is 16.3. The zero-order chi connectivity index (χ0) is 23.3. The van der Waals surface area contributed by atoms with E-state index in [1.807, 2.05) is 0 Å². The number of nitro groups is 1. The largest absolute Gasteiger partial charge is 0.482 e. The number of halogens is 2. The molecule has 0 bridgehead atoms. The monoisotopic (exact) mass is 494 g/mol. The van der Waals surface area contributed by atoms with Crippen molar-refractivity contribution >= 4 is 57.1 Å². The molecule has 0 fully saturated rings. The lowest BCUT2D eigenvalue weighted by Crippen LogP contribution is -2.21. The molecule has 166 valence electrons. The van der Waals surface area contributed by atoms with Gasteiger partial charge in [0.25, 0.3) is 11.6 Å². The van der Waals surface area contributed by atoms with Crippen LogP contribution < -0.4 is 10.1 Å². The van der Waals surface area contributed by atoms with Gasteiger partial charge in [0.2, 0.25) is 0 Å². The van der Waals surface area contributed by atoms with Gasteiger partial charge in [-0.15, -0.1) is 11.3 Å². The number of benzene rings is 2. The van der Waals surface area contributed by atoms with Gasteiger partial charge in [0.05, 0.1) is 16.6 Å². The van der Waals surface area contributed by atoms with Crippen LogP contribution in [0.4, 0.5) is 10.7 Å². The minimum atomic E-state index is -0.660. The predicted molar refractivity (Wildman–Crippen MR) is 123 cm³/mol. The summed E-state index contributed by atoms with van der Waals surface area (Å²) in [5.41, 5.74) is 0.842. The molecule has 1 aromatic heterocycles. The first-order valence-corrected chi connectivity index (χ1v) is 10.8. The number of nitrogens with zero attached hydrogens (tertiary/aromatic N) is 1. The van der Waals surface area contributed by atoms with Crippen LogP contribution in [0.1, 0.15) is 17.3 Å². The van der Waals surface area contributed by atoms with E-state index in [2.05, 4.69) is 5.32 Å². The molecule has 3 rings (SSSR count). The molecule has 3 aromatic rings. The number of carbonyl (C=O) groups is 2. The summed E-state index contributed by atoms with van der Waals surface area (Å²) in [4.78, 5) is 35.7. The molecule has 1 heterocycles. The van der Waals surface area contributed by atoms with Gasteiger partial charge in [-0.1, -0.05) is 35.3 Å². The average Bonchev–Trinajstić information content (AvgIpc) is 3.17. The normalized spacial score (nSPS) is 10.5. The molecule has 0 saturated heterocycles. The van der Waals surface area contributed by atoms with Crippen molar-refractivity contribution in [2.24, 2.45) is 0 Å². The minimum absolute atomic E-state index is 0.107. The van der Waals surface area contributed by atoms with Crippen molar-refractivity contribution < 1.29 is 24.0 Å². The molecule has 0 atom stereocenters. The Morgan fingerprint density at radius 2 is 1.97 bits per heavy atom. The number of ether oxygens (including phenoxy) is 2. The number of carbonyl (C=O) groups excluding carboxylic acids is 2. The molecule has 0 unspecified atom stereocenters. The number of nitro benzene ring substituents is 1. The van der Waals surface area contributed by atoms with E-state index >= 15 is 0 Å².